The van der Waals surface area contributed by atoms with Gasteiger partial charge < -0.3 is 10.4 Å². The number of hydrogen-bond donors (Lipinski definition) is 3. The van der Waals surface area contributed by atoms with Crippen molar-refractivity contribution in [3.8, 4) is 5.75 Å². The van der Waals surface area contributed by atoms with Gasteiger partial charge in [-0.05, 0) is 42.9 Å². The third-order valence-electron chi connectivity index (χ3n) is 3.04. The van der Waals surface area contributed by atoms with Gasteiger partial charge in [0, 0.05) is 12.1 Å². The van der Waals surface area contributed by atoms with Crippen molar-refractivity contribution < 1.29 is 14.8 Å². The van der Waals surface area contributed by atoms with E-state index in [9.17, 15) is 20.0 Å². The third kappa shape index (κ3) is 4.18. The number of nitro benzene ring substituents is 1. The maximum atomic E-state index is 12.1. The molecule has 0 spiro atoms. The minimum atomic E-state index is -0.613. The first-order valence-corrected chi connectivity index (χ1v) is 7.42. The van der Waals surface area contributed by atoms with Gasteiger partial charge in [-0.15, -0.1) is 0 Å². The van der Waals surface area contributed by atoms with Gasteiger partial charge in [-0.3, -0.25) is 20.2 Å². The molecule has 2 rings (SSSR count). The Hall–Kier alpha value is -2.71. The van der Waals surface area contributed by atoms with E-state index >= 15 is 0 Å². The molecule has 24 heavy (non-hydrogen) atoms. The largest absolute Gasteiger partial charge is 0.506 e. The zero-order chi connectivity index (χ0) is 17.9. The SMILES string of the molecule is Cc1ccc(C(=O)NC(=S)Nc2cc([N+](=O)[O-])ccc2O)c(Cl)c1. The van der Waals surface area contributed by atoms with Crippen molar-refractivity contribution in [3.63, 3.8) is 0 Å². The lowest BCUT2D eigenvalue weighted by Gasteiger charge is -2.11. The van der Waals surface area contributed by atoms with E-state index in [2.05, 4.69) is 10.6 Å². The van der Waals surface area contributed by atoms with E-state index in [4.69, 9.17) is 23.8 Å². The van der Waals surface area contributed by atoms with Crippen LogP contribution >= 0.6 is 23.8 Å². The van der Waals surface area contributed by atoms with Crippen LogP contribution in [0, 0.1) is 17.0 Å². The minimum absolute atomic E-state index is 0.00417. The van der Waals surface area contributed by atoms with Gasteiger partial charge >= 0.3 is 0 Å². The molecule has 124 valence electrons. The Balaban J connectivity index is 2.12. The van der Waals surface area contributed by atoms with E-state index in [0.29, 0.717) is 0 Å². The molecule has 0 radical (unpaired) electrons. The number of phenolic OH excluding ortho intramolecular Hbond substituents is 1. The van der Waals surface area contributed by atoms with Crippen LogP contribution in [-0.2, 0) is 0 Å². The lowest BCUT2D eigenvalue weighted by Crippen LogP contribution is -2.34. The highest BCUT2D eigenvalue weighted by molar-refractivity contribution is 7.80. The van der Waals surface area contributed by atoms with Crippen LogP contribution < -0.4 is 10.6 Å². The van der Waals surface area contributed by atoms with Crippen LogP contribution in [0.15, 0.2) is 36.4 Å². The fraction of sp³-hybridized carbons (Fsp3) is 0.0667. The molecular formula is C15H12ClN3O4S. The molecule has 9 heteroatoms. The summed E-state index contributed by atoms with van der Waals surface area (Å²) in [5, 5.41) is 25.5. The lowest BCUT2D eigenvalue weighted by molar-refractivity contribution is -0.384. The number of halogens is 1. The number of aromatic hydroxyl groups is 1. The highest BCUT2D eigenvalue weighted by Gasteiger charge is 2.15. The topological polar surface area (TPSA) is 104 Å². The number of amides is 1. The van der Waals surface area contributed by atoms with Crippen LogP contribution in [0.4, 0.5) is 11.4 Å². The number of nitrogens with zero attached hydrogens (tertiary/aromatic N) is 1. The highest BCUT2D eigenvalue weighted by atomic mass is 35.5. The van der Waals surface area contributed by atoms with Gasteiger partial charge in [0.05, 0.1) is 21.2 Å². The van der Waals surface area contributed by atoms with Crippen LogP contribution in [0.2, 0.25) is 5.02 Å². The molecule has 0 saturated carbocycles. The maximum absolute atomic E-state index is 12.1. The Bertz CT molecular complexity index is 841. The average Bonchev–Trinajstić information content (AvgIpc) is 2.48. The summed E-state index contributed by atoms with van der Waals surface area (Å²) in [4.78, 5) is 22.3. The molecule has 7 nitrogen and oxygen atoms in total. The summed E-state index contributed by atoms with van der Waals surface area (Å²) in [6.45, 7) is 1.84. The summed E-state index contributed by atoms with van der Waals surface area (Å²) in [7, 11) is 0. The number of nitro groups is 1. The standard InChI is InChI=1S/C15H12ClN3O4S/c1-8-2-4-10(11(16)6-8)14(21)18-15(24)17-12-7-9(19(22)23)3-5-13(12)20/h2-7,20H,1H3,(H2,17,18,21,24). The van der Waals surface area contributed by atoms with Crippen molar-refractivity contribution in [1.29, 1.82) is 0 Å². The number of anilines is 1. The Morgan fingerprint density at radius 1 is 1.29 bits per heavy atom. The Kier molecular flexibility index (Phi) is 5.32. The smallest absolute Gasteiger partial charge is 0.271 e. The quantitative estimate of drug-likeness (QED) is 0.333. The van der Waals surface area contributed by atoms with Gasteiger partial charge in [0.15, 0.2) is 5.11 Å². The average molecular weight is 366 g/mol. The monoisotopic (exact) mass is 365 g/mol. The fourth-order valence-corrected chi connectivity index (χ4v) is 2.39. The maximum Gasteiger partial charge on any atom is 0.271 e. The van der Waals surface area contributed by atoms with Crippen molar-refractivity contribution in [2.24, 2.45) is 0 Å². The molecule has 0 fully saturated rings. The summed E-state index contributed by atoms with van der Waals surface area (Å²) < 4.78 is 0. The van der Waals surface area contributed by atoms with Crippen LogP contribution in [0.1, 0.15) is 15.9 Å². The molecule has 0 bridgehead atoms. The third-order valence-corrected chi connectivity index (χ3v) is 3.55. The number of aryl methyl sites for hydroxylation is 1. The van der Waals surface area contributed by atoms with Crippen molar-refractivity contribution in [2.45, 2.75) is 6.92 Å². The van der Waals surface area contributed by atoms with Gasteiger partial charge in [-0.1, -0.05) is 17.7 Å². The molecule has 0 saturated heterocycles. The molecule has 0 heterocycles. The number of nitrogens with one attached hydrogen (secondary N) is 2. The highest BCUT2D eigenvalue weighted by Crippen LogP contribution is 2.27. The second-order valence-corrected chi connectivity index (χ2v) is 5.67. The number of carbonyl (C=O) groups is 1. The van der Waals surface area contributed by atoms with Crippen LogP contribution in [0.25, 0.3) is 0 Å². The van der Waals surface area contributed by atoms with E-state index < -0.39 is 10.8 Å². The first-order chi connectivity index (χ1) is 11.3. The Morgan fingerprint density at radius 3 is 2.62 bits per heavy atom. The number of benzene rings is 2. The van der Waals surface area contributed by atoms with Crippen molar-refractivity contribution in [1.82, 2.24) is 5.32 Å². The summed E-state index contributed by atoms with van der Waals surface area (Å²) in [5.74, 6) is -0.784. The summed E-state index contributed by atoms with van der Waals surface area (Å²) in [6, 6.07) is 8.33. The molecular weight excluding hydrogens is 354 g/mol. The summed E-state index contributed by atoms with van der Waals surface area (Å²) in [5.41, 5.74) is 0.906. The van der Waals surface area contributed by atoms with Crippen LogP contribution in [0.5, 0.6) is 5.75 Å². The predicted molar refractivity (Wildman–Crippen MR) is 94.6 cm³/mol. The first kappa shape index (κ1) is 17.6. The van der Waals surface area contributed by atoms with Gasteiger partial charge in [0.25, 0.3) is 11.6 Å². The normalized spacial score (nSPS) is 10.1. The van der Waals surface area contributed by atoms with E-state index in [1.165, 1.54) is 0 Å². The molecule has 0 unspecified atom stereocenters. The minimum Gasteiger partial charge on any atom is -0.506 e. The van der Waals surface area contributed by atoms with Crippen molar-refractivity contribution >= 4 is 46.2 Å². The molecule has 3 N–H and O–H groups in total. The number of rotatable bonds is 3. The fourth-order valence-electron chi connectivity index (χ4n) is 1.87. The van der Waals surface area contributed by atoms with Gasteiger partial charge in [0.1, 0.15) is 5.75 Å². The number of non-ortho nitro benzene ring substituents is 1. The van der Waals surface area contributed by atoms with Crippen molar-refractivity contribution in [3.05, 3.63) is 62.7 Å². The Labute approximate surface area is 147 Å². The molecule has 0 aromatic heterocycles. The Morgan fingerprint density at radius 2 is 2.00 bits per heavy atom. The number of thiocarbonyl (C=S) groups is 1. The summed E-state index contributed by atoms with van der Waals surface area (Å²) in [6.07, 6.45) is 0. The number of carbonyl (C=O) groups excluding carboxylic acids is 1. The number of hydrogen-bond acceptors (Lipinski definition) is 5. The van der Waals surface area contributed by atoms with Gasteiger partial charge in [-0.2, -0.15) is 0 Å². The molecule has 0 atom stereocenters. The molecule has 2 aromatic carbocycles. The summed E-state index contributed by atoms with van der Waals surface area (Å²) >= 11 is 11.0. The molecule has 0 aliphatic rings. The van der Waals surface area contributed by atoms with Crippen molar-refractivity contribution in [2.75, 3.05) is 5.32 Å². The van der Waals surface area contributed by atoms with E-state index in [1.807, 2.05) is 6.92 Å². The predicted octanol–water partition coefficient (Wildman–Crippen LogP) is 3.39. The zero-order valence-electron chi connectivity index (χ0n) is 12.4. The molecule has 0 aliphatic heterocycles. The molecule has 2 aromatic rings. The van der Waals surface area contributed by atoms with Crippen LogP contribution in [-0.4, -0.2) is 21.0 Å². The van der Waals surface area contributed by atoms with E-state index in [0.717, 1.165) is 23.8 Å². The zero-order valence-corrected chi connectivity index (χ0v) is 13.9. The molecule has 0 aliphatic carbocycles. The van der Waals surface area contributed by atoms with Crippen LogP contribution in [0.3, 0.4) is 0 Å². The molecule has 1 amide bonds. The second kappa shape index (κ2) is 7.24. The van der Waals surface area contributed by atoms with E-state index in [-0.39, 0.29) is 32.8 Å². The first-order valence-electron chi connectivity index (χ1n) is 6.64. The van der Waals surface area contributed by atoms with Gasteiger partial charge in [0.2, 0.25) is 0 Å². The second-order valence-electron chi connectivity index (χ2n) is 4.85. The van der Waals surface area contributed by atoms with E-state index in [1.54, 1.807) is 18.2 Å². The number of phenols is 1. The lowest BCUT2D eigenvalue weighted by atomic mass is 10.1. The van der Waals surface area contributed by atoms with Gasteiger partial charge in [-0.25, -0.2) is 0 Å².